The summed E-state index contributed by atoms with van der Waals surface area (Å²) in [6.45, 7) is 3.62. The van der Waals surface area contributed by atoms with E-state index in [1.54, 1.807) is 19.2 Å². The highest BCUT2D eigenvalue weighted by molar-refractivity contribution is 5.94. The van der Waals surface area contributed by atoms with Gasteiger partial charge in [-0.2, -0.15) is 18.4 Å². The van der Waals surface area contributed by atoms with Gasteiger partial charge in [0.05, 0.1) is 12.0 Å². The second-order valence-corrected chi connectivity index (χ2v) is 10.3. The zero-order chi connectivity index (χ0) is 27.7. The second kappa shape index (κ2) is 10.8. The number of hydrogen-bond acceptors (Lipinski definition) is 5. The average molecular weight is 536 g/mol. The molecule has 3 aliphatic heterocycles. The van der Waals surface area contributed by atoms with Gasteiger partial charge in [0, 0.05) is 24.9 Å². The average Bonchev–Trinajstić information content (AvgIpc) is 3.19. The molecular weight excluding hydrogens is 505 g/mol. The molecule has 0 aromatic rings. The normalized spacial score (nSPS) is 28.3. The lowest BCUT2D eigenvalue weighted by Crippen LogP contribution is -2.71. The maximum absolute atomic E-state index is 14.9. The first-order valence-electron chi connectivity index (χ1n) is 12.2. The minimum Gasteiger partial charge on any atom is -0.356 e. The van der Waals surface area contributed by atoms with Gasteiger partial charge < -0.3 is 20.9 Å². The molecule has 0 unspecified atom stereocenters. The fraction of sp³-hybridized carbons (Fsp3) is 0.783. The minimum atomic E-state index is -5.27. The van der Waals surface area contributed by atoms with Crippen LogP contribution in [0.15, 0.2) is 0 Å². The number of nitrogens with one attached hydrogen (secondary N) is 3. The van der Waals surface area contributed by atoms with Crippen LogP contribution in [0.2, 0.25) is 0 Å². The highest BCUT2D eigenvalue weighted by atomic mass is 19.4. The molecule has 9 nitrogen and oxygen atoms in total. The fourth-order valence-corrected chi connectivity index (χ4v) is 5.49. The molecule has 2 bridgehead atoms. The third kappa shape index (κ3) is 6.30. The Balaban J connectivity index is 1.87. The Morgan fingerprint density at radius 2 is 1.86 bits per heavy atom. The summed E-state index contributed by atoms with van der Waals surface area (Å²) in [7, 11) is 0. The zero-order valence-corrected chi connectivity index (χ0v) is 20.4. The maximum Gasteiger partial charge on any atom is 0.471 e. The number of alkyl halides is 5. The Bertz CT molecular complexity index is 966. The molecule has 3 saturated heterocycles. The number of hydrogen-bond donors (Lipinski definition) is 3. The monoisotopic (exact) mass is 535 g/mol. The molecule has 4 rings (SSSR count). The van der Waals surface area contributed by atoms with Crippen LogP contribution in [0.25, 0.3) is 0 Å². The van der Waals surface area contributed by atoms with Crippen LogP contribution in [0.1, 0.15) is 52.4 Å². The fourth-order valence-electron chi connectivity index (χ4n) is 5.49. The summed E-state index contributed by atoms with van der Waals surface area (Å²) in [4.78, 5) is 51.1. The number of amides is 4. The summed E-state index contributed by atoms with van der Waals surface area (Å²) < 4.78 is 68.5. The summed E-state index contributed by atoms with van der Waals surface area (Å²) in [5.74, 6) is -10.6. The van der Waals surface area contributed by atoms with Gasteiger partial charge in [-0.15, -0.1) is 0 Å². The van der Waals surface area contributed by atoms with Crippen LogP contribution in [-0.4, -0.2) is 71.3 Å². The molecule has 206 valence electrons. The number of nitriles is 1. The van der Waals surface area contributed by atoms with Crippen molar-refractivity contribution in [3.63, 3.8) is 0 Å². The van der Waals surface area contributed by atoms with Crippen LogP contribution < -0.4 is 16.0 Å². The summed E-state index contributed by atoms with van der Waals surface area (Å²) in [5, 5.41) is 16.1. The number of carbonyl (C=O) groups is 4. The van der Waals surface area contributed by atoms with Crippen molar-refractivity contribution in [3.05, 3.63) is 0 Å². The molecule has 4 fully saturated rings. The molecule has 37 heavy (non-hydrogen) atoms. The molecule has 1 saturated carbocycles. The predicted molar refractivity (Wildman–Crippen MR) is 117 cm³/mol. The molecule has 4 amide bonds. The molecule has 6 atom stereocenters. The largest absolute Gasteiger partial charge is 0.471 e. The lowest BCUT2D eigenvalue weighted by Gasteiger charge is -2.54. The van der Waals surface area contributed by atoms with Gasteiger partial charge in [0.1, 0.15) is 18.1 Å². The van der Waals surface area contributed by atoms with Crippen molar-refractivity contribution in [2.24, 2.45) is 17.8 Å². The van der Waals surface area contributed by atoms with Crippen molar-refractivity contribution in [1.82, 2.24) is 20.9 Å². The van der Waals surface area contributed by atoms with Gasteiger partial charge >= 0.3 is 12.1 Å². The van der Waals surface area contributed by atoms with Crippen molar-refractivity contribution in [1.29, 1.82) is 5.26 Å². The molecule has 3 N–H and O–H groups in total. The van der Waals surface area contributed by atoms with Gasteiger partial charge in [0.15, 0.2) is 0 Å². The van der Waals surface area contributed by atoms with E-state index in [4.69, 9.17) is 0 Å². The van der Waals surface area contributed by atoms with E-state index >= 15 is 0 Å². The minimum absolute atomic E-state index is 0.0587. The molecule has 0 aromatic heterocycles. The third-order valence-electron chi connectivity index (χ3n) is 7.18. The van der Waals surface area contributed by atoms with E-state index in [0.717, 1.165) is 4.90 Å². The Morgan fingerprint density at radius 1 is 1.19 bits per heavy atom. The van der Waals surface area contributed by atoms with Crippen LogP contribution in [-0.2, 0) is 19.2 Å². The third-order valence-corrected chi connectivity index (χ3v) is 7.18. The molecule has 14 heteroatoms. The Morgan fingerprint density at radius 3 is 2.38 bits per heavy atom. The summed E-state index contributed by atoms with van der Waals surface area (Å²) in [5.41, 5.74) is 0. The van der Waals surface area contributed by atoms with Gasteiger partial charge in [0.25, 0.3) is 5.92 Å². The first-order valence-corrected chi connectivity index (χ1v) is 12.2. The first-order chi connectivity index (χ1) is 17.2. The van der Waals surface area contributed by atoms with Crippen molar-refractivity contribution in [2.75, 3.05) is 6.54 Å². The summed E-state index contributed by atoms with van der Waals surface area (Å²) in [6.07, 6.45) is -5.87. The second-order valence-electron chi connectivity index (χ2n) is 10.3. The highest BCUT2D eigenvalue weighted by Crippen LogP contribution is 2.49. The number of rotatable bonds is 8. The quantitative estimate of drug-likeness (QED) is 0.407. The van der Waals surface area contributed by atoms with Crippen LogP contribution in [0.4, 0.5) is 22.0 Å². The van der Waals surface area contributed by atoms with Crippen molar-refractivity contribution >= 4 is 23.6 Å². The van der Waals surface area contributed by atoms with Gasteiger partial charge in [-0.25, -0.2) is 8.78 Å². The Hall–Kier alpha value is -2.98. The number of nitrogens with zero attached hydrogens (tertiary/aromatic N) is 2. The summed E-state index contributed by atoms with van der Waals surface area (Å²) in [6, 6.07) is -3.94. The van der Waals surface area contributed by atoms with E-state index in [2.05, 4.69) is 10.6 Å². The maximum atomic E-state index is 14.9. The Kier molecular flexibility index (Phi) is 8.34. The van der Waals surface area contributed by atoms with E-state index in [9.17, 15) is 46.4 Å². The molecule has 0 spiro atoms. The SMILES string of the molecule is CC(C)C[C@H](NC(=O)C(F)(F)F)C(=O)N1[C@@H]2CC[C@H]([C@H]1C(=O)N[C@@H](C#N)C[C@@H]1CCNC1=O)C(F)(F)C2. The predicted octanol–water partition coefficient (Wildman–Crippen LogP) is 1.63. The molecule has 3 heterocycles. The molecule has 0 aromatic carbocycles. The van der Waals surface area contributed by atoms with Crippen LogP contribution in [0.5, 0.6) is 0 Å². The van der Waals surface area contributed by atoms with E-state index in [1.165, 1.54) is 0 Å². The number of halogens is 5. The first kappa shape index (κ1) is 28.6. The molecule has 1 aliphatic carbocycles. The van der Waals surface area contributed by atoms with E-state index < -0.39 is 72.2 Å². The highest BCUT2D eigenvalue weighted by Gasteiger charge is 2.61. The van der Waals surface area contributed by atoms with Crippen molar-refractivity contribution in [3.8, 4) is 6.07 Å². The van der Waals surface area contributed by atoms with Gasteiger partial charge in [-0.3, -0.25) is 19.2 Å². The lowest BCUT2D eigenvalue weighted by atomic mass is 9.71. The van der Waals surface area contributed by atoms with Crippen LogP contribution >= 0.6 is 0 Å². The smallest absolute Gasteiger partial charge is 0.356 e. The lowest BCUT2D eigenvalue weighted by molar-refractivity contribution is -0.196. The van der Waals surface area contributed by atoms with Gasteiger partial charge in [-0.1, -0.05) is 13.8 Å². The van der Waals surface area contributed by atoms with E-state index in [1.807, 2.05) is 6.07 Å². The van der Waals surface area contributed by atoms with E-state index in [-0.39, 0.29) is 37.5 Å². The van der Waals surface area contributed by atoms with Gasteiger partial charge in [-0.05, 0) is 38.0 Å². The molecular formula is C23H30F5N5O4. The molecule has 0 radical (unpaired) electrons. The van der Waals surface area contributed by atoms with Crippen molar-refractivity contribution < 1.29 is 41.1 Å². The summed E-state index contributed by atoms with van der Waals surface area (Å²) >= 11 is 0. The molecule has 4 aliphatic rings. The number of piperidine rings is 2. The Labute approximate surface area is 210 Å². The van der Waals surface area contributed by atoms with Crippen LogP contribution in [0.3, 0.4) is 0 Å². The zero-order valence-electron chi connectivity index (χ0n) is 20.4. The van der Waals surface area contributed by atoms with Gasteiger partial charge in [0.2, 0.25) is 17.7 Å². The van der Waals surface area contributed by atoms with E-state index in [0.29, 0.717) is 13.0 Å². The topological polar surface area (TPSA) is 131 Å². The van der Waals surface area contributed by atoms with Crippen LogP contribution in [0, 0.1) is 29.1 Å². The number of carbonyl (C=O) groups excluding carboxylic acids is 4. The van der Waals surface area contributed by atoms with Crippen molar-refractivity contribution in [2.45, 2.75) is 88.6 Å². The number of fused-ring (bicyclic) bond motifs is 3. The standard InChI is InChI=1S/C23H30F5N5O4/c1-11(2)7-16(32-21(37)23(26,27)28)20(36)33-14-3-4-15(22(24,25)9-14)17(33)19(35)31-13(10-29)8-12-5-6-30-18(12)34/h11-17H,3-9H2,1-2H3,(H,30,34)(H,31,35)(H,32,37)/t12-,13+,14+,15+,16-,17-/m0/s1.